The molecule has 0 fully saturated rings. The van der Waals surface area contributed by atoms with Gasteiger partial charge in [0.1, 0.15) is 0 Å². The molecular formula is C18H15ClN2S2. The summed E-state index contributed by atoms with van der Waals surface area (Å²) < 4.78 is 0. The van der Waals surface area contributed by atoms with Crippen molar-refractivity contribution in [1.29, 1.82) is 0 Å². The van der Waals surface area contributed by atoms with Crippen LogP contribution in [0.25, 0.3) is 0 Å². The lowest BCUT2D eigenvalue weighted by Gasteiger charge is -2.09. The fourth-order valence-corrected chi connectivity index (χ4v) is 4.48. The SMILES string of the molecule is Clc1nncc(SCc2ccccc2)c1SCc1ccccc1. The summed E-state index contributed by atoms with van der Waals surface area (Å²) in [7, 11) is 0. The van der Waals surface area contributed by atoms with Gasteiger partial charge in [-0.2, -0.15) is 5.10 Å². The molecule has 3 aromatic rings. The molecule has 23 heavy (non-hydrogen) atoms. The minimum Gasteiger partial charge on any atom is -0.156 e. The summed E-state index contributed by atoms with van der Waals surface area (Å²) in [6.07, 6.45) is 1.80. The third kappa shape index (κ3) is 4.74. The zero-order valence-corrected chi connectivity index (χ0v) is 14.7. The van der Waals surface area contributed by atoms with Gasteiger partial charge in [0.25, 0.3) is 0 Å². The van der Waals surface area contributed by atoms with E-state index in [0.29, 0.717) is 5.15 Å². The van der Waals surface area contributed by atoms with Gasteiger partial charge < -0.3 is 0 Å². The second kappa shape index (κ2) is 8.39. The second-order valence-corrected chi connectivity index (χ2v) is 7.24. The molecule has 0 amide bonds. The van der Waals surface area contributed by atoms with Crippen LogP contribution in [0.2, 0.25) is 5.15 Å². The highest BCUT2D eigenvalue weighted by Gasteiger charge is 2.11. The summed E-state index contributed by atoms with van der Waals surface area (Å²) in [4.78, 5) is 2.08. The Hall–Kier alpha value is -1.49. The quantitative estimate of drug-likeness (QED) is 0.527. The van der Waals surface area contributed by atoms with Gasteiger partial charge in [0, 0.05) is 16.4 Å². The van der Waals surface area contributed by atoms with Crippen molar-refractivity contribution in [3.8, 4) is 0 Å². The Morgan fingerprint density at radius 3 is 1.96 bits per heavy atom. The number of benzene rings is 2. The van der Waals surface area contributed by atoms with E-state index >= 15 is 0 Å². The monoisotopic (exact) mass is 358 g/mol. The van der Waals surface area contributed by atoms with E-state index in [0.717, 1.165) is 21.3 Å². The van der Waals surface area contributed by atoms with Crippen LogP contribution in [0.15, 0.2) is 76.7 Å². The molecule has 2 aromatic carbocycles. The van der Waals surface area contributed by atoms with E-state index in [4.69, 9.17) is 11.6 Å². The average Bonchev–Trinajstić information content (AvgIpc) is 2.61. The molecule has 3 rings (SSSR count). The molecule has 0 bridgehead atoms. The highest BCUT2D eigenvalue weighted by Crippen LogP contribution is 2.37. The smallest absolute Gasteiger partial charge is 0.156 e. The van der Waals surface area contributed by atoms with Crippen molar-refractivity contribution in [3.63, 3.8) is 0 Å². The maximum Gasteiger partial charge on any atom is 0.166 e. The zero-order valence-electron chi connectivity index (χ0n) is 12.4. The normalized spacial score (nSPS) is 10.7. The molecule has 1 aromatic heterocycles. The topological polar surface area (TPSA) is 25.8 Å². The van der Waals surface area contributed by atoms with Crippen molar-refractivity contribution in [2.45, 2.75) is 21.3 Å². The van der Waals surface area contributed by atoms with Gasteiger partial charge in [-0.3, -0.25) is 0 Å². The second-order valence-electron chi connectivity index (χ2n) is 4.88. The summed E-state index contributed by atoms with van der Waals surface area (Å²) in [5.74, 6) is 1.76. The molecule has 1 heterocycles. The number of hydrogen-bond acceptors (Lipinski definition) is 4. The molecule has 0 radical (unpaired) electrons. The number of halogens is 1. The van der Waals surface area contributed by atoms with Gasteiger partial charge in [0.15, 0.2) is 5.15 Å². The van der Waals surface area contributed by atoms with Crippen molar-refractivity contribution >= 4 is 35.1 Å². The Labute approximate surface area is 149 Å². The predicted molar refractivity (Wildman–Crippen MR) is 99.0 cm³/mol. The van der Waals surface area contributed by atoms with Crippen LogP contribution in [0, 0.1) is 0 Å². The lowest BCUT2D eigenvalue weighted by atomic mass is 10.2. The number of nitrogens with zero attached hydrogens (tertiary/aromatic N) is 2. The van der Waals surface area contributed by atoms with E-state index in [9.17, 15) is 0 Å². The molecule has 0 saturated carbocycles. The van der Waals surface area contributed by atoms with Gasteiger partial charge in [-0.25, -0.2) is 0 Å². The van der Waals surface area contributed by atoms with Crippen LogP contribution in [0.5, 0.6) is 0 Å². The van der Waals surface area contributed by atoms with E-state index in [-0.39, 0.29) is 0 Å². The van der Waals surface area contributed by atoms with E-state index in [1.165, 1.54) is 11.1 Å². The van der Waals surface area contributed by atoms with Crippen LogP contribution in [0.1, 0.15) is 11.1 Å². The molecule has 0 aliphatic rings. The van der Waals surface area contributed by atoms with E-state index in [1.807, 2.05) is 24.3 Å². The van der Waals surface area contributed by atoms with Crippen LogP contribution < -0.4 is 0 Å². The first-order valence-electron chi connectivity index (χ1n) is 7.17. The van der Waals surface area contributed by atoms with Gasteiger partial charge >= 0.3 is 0 Å². The molecule has 0 saturated heterocycles. The van der Waals surface area contributed by atoms with Gasteiger partial charge in [-0.15, -0.1) is 28.6 Å². The molecule has 0 N–H and O–H groups in total. The molecule has 116 valence electrons. The molecule has 0 unspecified atom stereocenters. The first-order chi connectivity index (χ1) is 11.3. The zero-order chi connectivity index (χ0) is 15.9. The summed E-state index contributed by atoms with van der Waals surface area (Å²) in [5.41, 5.74) is 2.55. The van der Waals surface area contributed by atoms with Gasteiger partial charge in [0.05, 0.1) is 11.1 Å². The van der Waals surface area contributed by atoms with E-state index in [2.05, 4.69) is 46.6 Å². The summed E-state index contributed by atoms with van der Waals surface area (Å²) in [6, 6.07) is 20.7. The minimum absolute atomic E-state index is 0.476. The summed E-state index contributed by atoms with van der Waals surface area (Å²) in [5, 5.41) is 8.46. The third-order valence-corrected chi connectivity index (χ3v) is 5.98. The van der Waals surface area contributed by atoms with Crippen molar-refractivity contribution < 1.29 is 0 Å². The lowest BCUT2D eigenvalue weighted by molar-refractivity contribution is 0.944. The van der Waals surface area contributed by atoms with E-state index in [1.54, 1.807) is 29.7 Å². The van der Waals surface area contributed by atoms with Crippen LogP contribution in [0.3, 0.4) is 0 Å². The maximum absolute atomic E-state index is 6.27. The maximum atomic E-state index is 6.27. The minimum atomic E-state index is 0.476. The van der Waals surface area contributed by atoms with Crippen molar-refractivity contribution in [2.24, 2.45) is 0 Å². The highest BCUT2D eigenvalue weighted by molar-refractivity contribution is 8.01. The van der Waals surface area contributed by atoms with Crippen molar-refractivity contribution in [2.75, 3.05) is 0 Å². The van der Waals surface area contributed by atoms with Crippen LogP contribution in [0.4, 0.5) is 0 Å². The Bertz CT molecular complexity index is 751. The first-order valence-corrected chi connectivity index (χ1v) is 9.52. The van der Waals surface area contributed by atoms with Crippen molar-refractivity contribution in [1.82, 2.24) is 10.2 Å². The first kappa shape index (κ1) is 16.4. The van der Waals surface area contributed by atoms with Gasteiger partial charge in [-0.1, -0.05) is 72.3 Å². The highest BCUT2D eigenvalue weighted by atomic mass is 35.5. The predicted octanol–water partition coefficient (Wildman–Crippen LogP) is 5.71. The van der Waals surface area contributed by atoms with Crippen LogP contribution in [-0.2, 0) is 11.5 Å². The third-order valence-electron chi connectivity index (χ3n) is 3.19. The number of thioether (sulfide) groups is 2. The molecule has 0 atom stereocenters. The largest absolute Gasteiger partial charge is 0.166 e. The molecule has 0 aliphatic carbocycles. The Kier molecular flexibility index (Phi) is 5.97. The summed E-state index contributed by atoms with van der Waals surface area (Å²) in [6.45, 7) is 0. The Morgan fingerprint density at radius 2 is 1.35 bits per heavy atom. The number of rotatable bonds is 6. The molecular weight excluding hydrogens is 344 g/mol. The molecule has 0 spiro atoms. The fraction of sp³-hybridized carbons (Fsp3) is 0.111. The molecule has 0 aliphatic heterocycles. The Morgan fingerprint density at radius 1 is 0.783 bits per heavy atom. The molecule has 5 heteroatoms. The Balaban J connectivity index is 1.71. The van der Waals surface area contributed by atoms with Crippen LogP contribution in [-0.4, -0.2) is 10.2 Å². The van der Waals surface area contributed by atoms with Crippen LogP contribution >= 0.6 is 35.1 Å². The van der Waals surface area contributed by atoms with E-state index < -0.39 is 0 Å². The summed E-state index contributed by atoms with van der Waals surface area (Å²) >= 11 is 9.72. The van der Waals surface area contributed by atoms with Gasteiger partial charge in [-0.05, 0) is 11.1 Å². The van der Waals surface area contributed by atoms with Gasteiger partial charge in [0.2, 0.25) is 0 Å². The van der Waals surface area contributed by atoms with Crippen molar-refractivity contribution in [3.05, 3.63) is 83.1 Å². The lowest BCUT2D eigenvalue weighted by Crippen LogP contribution is -1.91. The average molecular weight is 359 g/mol. The number of aromatic nitrogens is 2. The molecule has 2 nitrogen and oxygen atoms in total. The fourth-order valence-electron chi connectivity index (χ4n) is 2.04. The number of hydrogen-bond donors (Lipinski definition) is 0. The standard InChI is InChI=1S/C18H15ClN2S2/c19-18-17(23-13-15-9-5-2-6-10-15)16(11-20-21-18)22-12-14-7-3-1-4-8-14/h1-11H,12-13H2.